The number of primary amides is 1. The molecule has 0 spiro atoms. The number of hydrogen-bond donors (Lipinski definition) is 1. The first-order valence-corrected chi connectivity index (χ1v) is 4.66. The van der Waals surface area contributed by atoms with Gasteiger partial charge in [-0.1, -0.05) is 19.7 Å². The molecule has 0 saturated heterocycles. The van der Waals surface area contributed by atoms with Gasteiger partial charge < -0.3 is 15.2 Å². The third-order valence-corrected chi connectivity index (χ3v) is 0.984. The van der Waals surface area contributed by atoms with E-state index in [1.165, 1.54) is 14.0 Å². The highest BCUT2D eigenvalue weighted by molar-refractivity contribution is 5.86. The summed E-state index contributed by atoms with van der Waals surface area (Å²) in [4.78, 5) is 29.4. The number of nitrogens with two attached hydrogens (primary N) is 1. The number of rotatable bonds is 3. The minimum Gasteiger partial charge on any atom is -0.466 e. The molecule has 0 aromatic heterocycles. The second-order valence-electron chi connectivity index (χ2n) is 2.65. The van der Waals surface area contributed by atoms with E-state index in [1.54, 1.807) is 6.92 Å². The van der Waals surface area contributed by atoms with Gasteiger partial charge in [0.05, 0.1) is 13.4 Å². The summed E-state index contributed by atoms with van der Waals surface area (Å²) in [5.74, 6) is -1.16. The van der Waals surface area contributed by atoms with Crippen molar-refractivity contribution in [1.82, 2.24) is 0 Å². The summed E-state index contributed by atoms with van der Waals surface area (Å²) < 4.78 is 8.44. The first-order chi connectivity index (χ1) is 8.22. The van der Waals surface area contributed by atoms with Crippen LogP contribution >= 0.6 is 0 Å². The van der Waals surface area contributed by atoms with Crippen molar-refractivity contribution < 1.29 is 23.9 Å². The molecule has 0 radical (unpaired) electrons. The van der Waals surface area contributed by atoms with Crippen molar-refractivity contribution in [3.05, 3.63) is 37.6 Å². The predicted octanol–water partition coefficient (Wildman–Crippen LogP) is 1.09. The van der Waals surface area contributed by atoms with Gasteiger partial charge in [-0.2, -0.15) is 0 Å². The van der Waals surface area contributed by atoms with Gasteiger partial charge in [-0.3, -0.25) is 9.59 Å². The van der Waals surface area contributed by atoms with Gasteiger partial charge in [0, 0.05) is 12.5 Å². The number of carbonyl (C=O) groups is 3. The molecule has 0 aliphatic heterocycles. The molecule has 0 atom stereocenters. The Morgan fingerprint density at radius 3 is 1.56 bits per heavy atom. The average molecular weight is 257 g/mol. The van der Waals surface area contributed by atoms with Gasteiger partial charge in [0.2, 0.25) is 5.91 Å². The first kappa shape index (κ1) is 21.0. The Morgan fingerprint density at radius 2 is 1.56 bits per heavy atom. The molecule has 2 N–H and O–H groups in total. The SMILES string of the molecule is C=C(C)C(=O)OC.C=CC(N)=O.C=COC(C)=O. The number of carbonyl (C=O) groups excluding carboxylic acids is 3. The van der Waals surface area contributed by atoms with Crippen molar-refractivity contribution >= 4 is 17.8 Å². The second kappa shape index (κ2) is 14.6. The molecule has 18 heavy (non-hydrogen) atoms. The summed E-state index contributed by atoms with van der Waals surface area (Å²) in [6.45, 7) is 12.5. The maximum absolute atomic E-state index is 10.2. The summed E-state index contributed by atoms with van der Waals surface area (Å²) in [7, 11) is 1.33. The van der Waals surface area contributed by atoms with Crippen molar-refractivity contribution in [3.8, 4) is 0 Å². The summed E-state index contributed by atoms with van der Waals surface area (Å²) in [5, 5.41) is 0. The van der Waals surface area contributed by atoms with Gasteiger partial charge in [-0.15, -0.1) is 0 Å². The van der Waals surface area contributed by atoms with Crippen LogP contribution < -0.4 is 5.73 Å². The fourth-order valence-electron chi connectivity index (χ4n) is 0.292. The largest absolute Gasteiger partial charge is 0.466 e. The smallest absolute Gasteiger partial charge is 0.332 e. The molecule has 0 fully saturated rings. The summed E-state index contributed by atoms with van der Waals surface area (Å²) in [5.41, 5.74) is 4.97. The highest BCUT2D eigenvalue weighted by Crippen LogP contribution is 1.87. The Bertz CT molecular complexity index is 320. The fraction of sp³-hybridized carbons (Fsp3) is 0.250. The molecule has 6 heteroatoms. The van der Waals surface area contributed by atoms with Crippen LogP contribution in [0, 0.1) is 0 Å². The highest BCUT2D eigenvalue weighted by atomic mass is 16.5. The van der Waals surface area contributed by atoms with Crippen molar-refractivity contribution in [2.75, 3.05) is 7.11 Å². The highest BCUT2D eigenvalue weighted by Gasteiger charge is 1.95. The Morgan fingerprint density at radius 1 is 1.17 bits per heavy atom. The van der Waals surface area contributed by atoms with Crippen LogP contribution in [0.1, 0.15) is 13.8 Å². The van der Waals surface area contributed by atoms with Crippen LogP contribution in [0.5, 0.6) is 0 Å². The zero-order valence-electron chi connectivity index (χ0n) is 10.9. The predicted molar refractivity (Wildman–Crippen MR) is 68.2 cm³/mol. The number of methoxy groups -OCH3 is 1. The molecule has 102 valence electrons. The number of hydrogen-bond acceptors (Lipinski definition) is 5. The topological polar surface area (TPSA) is 95.7 Å². The van der Waals surface area contributed by atoms with Crippen molar-refractivity contribution in [1.29, 1.82) is 0 Å². The molecular formula is C12H19NO5. The molecule has 0 unspecified atom stereocenters. The minimum atomic E-state index is -0.481. The minimum absolute atomic E-state index is 0.329. The van der Waals surface area contributed by atoms with Crippen LogP contribution in [-0.2, 0) is 23.9 Å². The number of esters is 2. The molecule has 0 heterocycles. The Kier molecular flexibility index (Phi) is 17.0. The molecule has 0 aromatic rings. The molecule has 0 aliphatic carbocycles. The molecule has 0 aliphatic rings. The van der Waals surface area contributed by atoms with E-state index in [4.69, 9.17) is 0 Å². The van der Waals surface area contributed by atoms with Crippen LogP contribution in [0.4, 0.5) is 0 Å². The zero-order valence-corrected chi connectivity index (χ0v) is 10.9. The maximum Gasteiger partial charge on any atom is 0.332 e. The van der Waals surface area contributed by atoms with E-state index in [1.807, 2.05) is 0 Å². The van der Waals surface area contributed by atoms with Gasteiger partial charge in [-0.25, -0.2) is 4.79 Å². The lowest BCUT2D eigenvalue weighted by Crippen LogP contribution is -2.04. The molecule has 0 aromatic carbocycles. The normalized spacial score (nSPS) is 7.06. The van der Waals surface area contributed by atoms with Gasteiger partial charge in [0.25, 0.3) is 0 Å². The quantitative estimate of drug-likeness (QED) is 0.463. The monoisotopic (exact) mass is 257 g/mol. The lowest BCUT2D eigenvalue weighted by Gasteiger charge is -1.91. The maximum atomic E-state index is 10.2. The molecule has 0 bridgehead atoms. The van der Waals surface area contributed by atoms with Gasteiger partial charge in [0.1, 0.15) is 0 Å². The van der Waals surface area contributed by atoms with Crippen LogP contribution in [0.2, 0.25) is 0 Å². The van der Waals surface area contributed by atoms with Gasteiger partial charge in [0.15, 0.2) is 0 Å². The van der Waals surface area contributed by atoms with E-state index < -0.39 is 5.91 Å². The average Bonchev–Trinajstić information content (AvgIpc) is 2.29. The number of amides is 1. The third kappa shape index (κ3) is 29.2. The van der Waals surface area contributed by atoms with Crippen molar-refractivity contribution in [2.24, 2.45) is 5.73 Å². The van der Waals surface area contributed by atoms with E-state index in [2.05, 4.69) is 34.9 Å². The van der Waals surface area contributed by atoms with Gasteiger partial charge >= 0.3 is 11.9 Å². The van der Waals surface area contributed by atoms with E-state index in [9.17, 15) is 14.4 Å². The van der Waals surface area contributed by atoms with Crippen LogP contribution in [0.3, 0.4) is 0 Å². The van der Waals surface area contributed by atoms with Gasteiger partial charge in [-0.05, 0) is 13.0 Å². The fourth-order valence-corrected chi connectivity index (χ4v) is 0.292. The van der Waals surface area contributed by atoms with Crippen LogP contribution in [0.25, 0.3) is 0 Å². The molecule has 6 nitrogen and oxygen atoms in total. The summed E-state index contributed by atoms with van der Waals surface area (Å²) in [6.07, 6.45) is 2.16. The number of ether oxygens (including phenoxy) is 2. The van der Waals surface area contributed by atoms with E-state index in [0.717, 1.165) is 12.3 Å². The molecule has 0 rings (SSSR count). The molecular weight excluding hydrogens is 238 g/mol. The summed E-state index contributed by atoms with van der Waals surface area (Å²) in [6, 6.07) is 0. The summed E-state index contributed by atoms with van der Waals surface area (Å²) >= 11 is 0. The zero-order chi connectivity index (χ0) is 15.1. The van der Waals surface area contributed by atoms with Crippen LogP contribution in [-0.4, -0.2) is 25.0 Å². The lowest BCUT2D eigenvalue weighted by molar-refractivity contribution is -0.136. The third-order valence-electron chi connectivity index (χ3n) is 0.984. The standard InChI is InChI=1S/C5H8O2.C4H6O2.C3H5NO/c1-4(2)5(6)7-3;1-3-6-4(2)5;1-2-3(4)5/h1H2,2-3H3;3H,1H2,2H3;2H,1H2,(H2,4,5). The van der Waals surface area contributed by atoms with E-state index in [-0.39, 0.29) is 11.9 Å². The lowest BCUT2D eigenvalue weighted by atomic mass is 10.4. The molecule has 0 saturated carbocycles. The van der Waals surface area contributed by atoms with E-state index in [0.29, 0.717) is 5.57 Å². The second-order valence-corrected chi connectivity index (χ2v) is 2.65. The molecule has 1 amide bonds. The van der Waals surface area contributed by atoms with Crippen molar-refractivity contribution in [2.45, 2.75) is 13.8 Å². The van der Waals surface area contributed by atoms with Crippen LogP contribution in [0.15, 0.2) is 37.6 Å². The van der Waals surface area contributed by atoms with E-state index >= 15 is 0 Å². The Hall–Kier alpha value is -2.37. The van der Waals surface area contributed by atoms with Crippen molar-refractivity contribution in [3.63, 3.8) is 0 Å². The first-order valence-electron chi connectivity index (χ1n) is 4.66. The Balaban J connectivity index is -0.000000190. The Labute approximate surface area is 107 Å².